The second-order valence-corrected chi connectivity index (χ2v) is 7.46. The van der Waals surface area contributed by atoms with Gasteiger partial charge in [-0.25, -0.2) is 14.3 Å². The summed E-state index contributed by atoms with van der Waals surface area (Å²) in [4.78, 5) is 31.3. The largest absolute Gasteiger partial charge is 0.467 e. The molecule has 0 unspecified atom stereocenters. The van der Waals surface area contributed by atoms with Gasteiger partial charge in [-0.05, 0) is 36.8 Å². The summed E-state index contributed by atoms with van der Waals surface area (Å²) >= 11 is 0. The Bertz CT molecular complexity index is 1480. The standard InChI is InChI=1S/C24H20N4O3/c1-17-7-5-8-18(13-17)14-26-16-25-22-21(26)23(29)27(15-20-11-6-12-31-20)24(30)28(22)19-9-3-2-4-10-19/h2-13,16H,14-15H2,1H3. The molecule has 0 aliphatic heterocycles. The second-order valence-electron chi connectivity index (χ2n) is 7.46. The Morgan fingerprint density at radius 3 is 2.52 bits per heavy atom. The summed E-state index contributed by atoms with van der Waals surface area (Å²) in [6, 6.07) is 20.8. The fraction of sp³-hybridized carbons (Fsp3) is 0.125. The highest BCUT2D eigenvalue weighted by Gasteiger charge is 2.20. The van der Waals surface area contributed by atoms with Crippen molar-refractivity contribution in [3.63, 3.8) is 0 Å². The van der Waals surface area contributed by atoms with Crippen LogP contribution >= 0.6 is 0 Å². The zero-order chi connectivity index (χ0) is 21.4. The van der Waals surface area contributed by atoms with Crippen molar-refractivity contribution in [2.45, 2.75) is 20.0 Å². The van der Waals surface area contributed by atoms with Gasteiger partial charge in [0.1, 0.15) is 5.76 Å². The van der Waals surface area contributed by atoms with E-state index in [1.807, 2.05) is 55.5 Å². The number of hydrogen-bond acceptors (Lipinski definition) is 4. The minimum Gasteiger partial charge on any atom is -0.467 e. The summed E-state index contributed by atoms with van der Waals surface area (Å²) in [5.74, 6) is 0.530. The quantitative estimate of drug-likeness (QED) is 0.444. The van der Waals surface area contributed by atoms with Gasteiger partial charge in [0.2, 0.25) is 0 Å². The molecule has 0 radical (unpaired) electrons. The highest BCUT2D eigenvalue weighted by molar-refractivity contribution is 5.72. The molecule has 0 saturated heterocycles. The van der Waals surface area contributed by atoms with Crippen LogP contribution in [0.5, 0.6) is 0 Å². The third-order valence-electron chi connectivity index (χ3n) is 5.24. The minimum atomic E-state index is -0.457. The Morgan fingerprint density at radius 1 is 0.935 bits per heavy atom. The minimum absolute atomic E-state index is 0.0447. The first-order chi connectivity index (χ1) is 15.1. The second kappa shape index (κ2) is 7.60. The average molecular weight is 412 g/mol. The van der Waals surface area contributed by atoms with E-state index in [2.05, 4.69) is 11.1 Å². The van der Waals surface area contributed by atoms with Crippen LogP contribution in [-0.2, 0) is 13.1 Å². The molecule has 0 atom stereocenters. The van der Waals surface area contributed by atoms with E-state index in [0.717, 1.165) is 11.1 Å². The summed E-state index contributed by atoms with van der Waals surface area (Å²) in [5.41, 5.74) is 2.69. The maximum absolute atomic E-state index is 13.4. The number of rotatable bonds is 5. The zero-order valence-electron chi connectivity index (χ0n) is 16.9. The molecule has 7 heteroatoms. The molecular formula is C24H20N4O3. The zero-order valence-corrected chi connectivity index (χ0v) is 16.9. The van der Waals surface area contributed by atoms with Gasteiger partial charge in [0.15, 0.2) is 11.2 Å². The number of aromatic nitrogens is 4. The molecule has 5 rings (SSSR count). The lowest BCUT2D eigenvalue weighted by molar-refractivity contribution is 0.482. The van der Waals surface area contributed by atoms with E-state index in [9.17, 15) is 9.59 Å². The number of aryl methyl sites for hydroxylation is 1. The third kappa shape index (κ3) is 3.40. The summed E-state index contributed by atoms with van der Waals surface area (Å²) in [6.07, 6.45) is 3.14. The van der Waals surface area contributed by atoms with Crippen LogP contribution in [0, 0.1) is 6.92 Å². The molecule has 0 fully saturated rings. The van der Waals surface area contributed by atoms with E-state index in [1.54, 1.807) is 23.0 Å². The van der Waals surface area contributed by atoms with Crippen LogP contribution in [-0.4, -0.2) is 18.7 Å². The Morgan fingerprint density at radius 2 is 1.77 bits per heavy atom. The fourth-order valence-electron chi connectivity index (χ4n) is 3.81. The third-order valence-corrected chi connectivity index (χ3v) is 5.24. The molecule has 5 aromatic rings. The molecule has 0 amide bonds. The van der Waals surface area contributed by atoms with Crippen LogP contribution < -0.4 is 11.2 Å². The van der Waals surface area contributed by atoms with Gasteiger partial charge in [0.05, 0.1) is 24.8 Å². The lowest BCUT2D eigenvalue weighted by Crippen LogP contribution is -2.40. The lowest BCUT2D eigenvalue weighted by Gasteiger charge is -2.12. The van der Waals surface area contributed by atoms with Crippen LogP contribution in [0.25, 0.3) is 16.9 Å². The van der Waals surface area contributed by atoms with Gasteiger partial charge >= 0.3 is 5.69 Å². The summed E-state index contributed by atoms with van der Waals surface area (Å²) in [7, 11) is 0. The van der Waals surface area contributed by atoms with E-state index in [4.69, 9.17) is 4.42 Å². The highest BCUT2D eigenvalue weighted by atomic mass is 16.3. The van der Waals surface area contributed by atoms with Gasteiger partial charge in [-0.3, -0.25) is 9.36 Å². The Balaban J connectivity index is 1.76. The van der Waals surface area contributed by atoms with Crippen molar-refractivity contribution in [3.8, 4) is 5.69 Å². The predicted octanol–water partition coefficient (Wildman–Crippen LogP) is 3.35. The molecule has 2 aromatic carbocycles. The van der Waals surface area contributed by atoms with Crippen LogP contribution in [0.15, 0.2) is 93.3 Å². The molecule has 31 heavy (non-hydrogen) atoms. The molecular weight excluding hydrogens is 392 g/mol. The summed E-state index contributed by atoms with van der Waals surface area (Å²) in [6.45, 7) is 2.54. The molecule has 0 aliphatic rings. The molecule has 0 spiro atoms. The predicted molar refractivity (Wildman–Crippen MR) is 118 cm³/mol. The molecule has 0 bridgehead atoms. The molecule has 3 aromatic heterocycles. The molecule has 0 saturated carbocycles. The van der Waals surface area contributed by atoms with Gasteiger partial charge in [-0.2, -0.15) is 0 Å². The lowest BCUT2D eigenvalue weighted by atomic mass is 10.1. The molecule has 7 nitrogen and oxygen atoms in total. The van der Waals surface area contributed by atoms with Gasteiger partial charge in [0, 0.05) is 6.54 Å². The number of nitrogens with zero attached hydrogens (tertiary/aromatic N) is 4. The Hall–Kier alpha value is -4.13. The van der Waals surface area contributed by atoms with Gasteiger partial charge in [0.25, 0.3) is 5.56 Å². The number of fused-ring (bicyclic) bond motifs is 1. The van der Waals surface area contributed by atoms with Gasteiger partial charge in [-0.1, -0.05) is 48.0 Å². The molecule has 0 aliphatic carbocycles. The van der Waals surface area contributed by atoms with Crippen molar-refractivity contribution in [3.05, 3.63) is 117 Å². The van der Waals surface area contributed by atoms with E-state index < -0.39 is 11.2 Å². The van der Waals surface area contributed by atoms with Crippen molar-refractivity contribution in [1.82, 2.24) is 18.7 Å². The molecule has 0 N–H and O–H groups in total. The monoisotopic (exact) mass is 412 g/mol. The van der Waals surface area contributed by atoms with Crippen molar-refractivity contribution < 1.29 is 4.42 Å². The number of benzene rings is 2. The van der Waals surface area contributed by atoms with E-state index in [0.29, 0.717) is 29.2 Å². The first-order valence-electron chi connectivity index (χ1n) is 9.96. The van der Waals surface area contributed by atoms with Crippen molar-refractivity contribution in [2.75, 3.05) is 0 Å². The Kier molecular flexibility index (Phi) is 4.63. The number of hydrogen-bond donors (Lipinski definition) is 0. The van der Waals surface area contributed by atoms with Gasteiger partial charge < -0.3 is 8.98 Å². The van der Waals surface area contributed by atoms with E-state index >= 15 is 0 Å². The fourth-order valence-corrected chi connectivity index (χ4v) is 3.81. The SMILES string of the molecule is Cc1cccc(Cn2cnc3c2c(=O)n(Cc2ccco2)c(=O)n3-c2ccccc2)c1. The number of imidazole rings is 1. The highest BCUT2D eigenvalue weighted by Crippen LogP contribution is 2.15. The molecule has 3 heterocycles. The normalized spacial score (nSPS) is 11.3. The van der Waals surface area contributed by atoms with E-state index in [-0.39, 0.29) is 6.54 Å². The first kappa shape index (κ1) is 18.9. The van der Waals surface area contributed by atoms with Gasteiger partial charge in [-0.15, -0.1) is 0 Å². The van der Waals surface area contributed by atoms with Crippen LogP contribution in [0.1, 0.15) is 16.9 Å². The number of furan rings is 1. The topological polar surface area (TPSA) is 75.0 Å². The maximum atomic E-state index is 13.4. The summed E-state index contributed by atoms with van der Waals surface area (Å²) < 4.78 is 9.87. The van der Waals surface area contributed by atoms with E-state index in [1.165, 1.54) is 15.4 Å². The maximum Gasteiger partial charge on any atom is 0.337 e. The van der Waals surface area contributed by atoms with Crippen LogP contribution in [0.3, 0.4) is 0 Å². The summed E-state index contributed by atoms with van der Waals surface area (Å²) in [5, 5.41) is 0. The Labute approximate surface area is 177 Å². The van der Waals surface area contributed by atoms with Crippen molar-refractivity contribution in [1.29, 1.82) is 0 Å². The number of para-hydroxylation sites is 1. The van der Waals surface area contributed by atoms with Crippen molar-refractivity contribution >= 4 is 11.2 Å². The average Bonchev–Trinajstić information content (AvgIpc) is 3.42. The first-order valence-corrected chi connectivity index (χ1v) is 9.96. The van der Waals surface area contributed by atoms with Crippen molar-refractivity contribution in [2.24, 2.45) is 0 Å². The smallest absolute Gasteiger partial charge is 0.337 e. The van der Waals surface area contributed by atoms with Crippen LogP contribution in [0.2, 0.25) is 0 Å². The molecule has 154 valence electrons. The van der Waals surface area contributed by atoms with Crippen LogP contribution in [0.4, 0.5) is 0 Å².